The van der Waals surface area contributed by atoms with Crippen molar-refractivity contribution in [2.45, 2.75) is 65.0 Å². The van der Waals surface area contributed by atoms with Gasteiger partial charge in [0.05, 0.1) is 6.07 Å². The number of hydrogen-bond acceptors (Lipinski definition) is 3. The molecule has 3 nitrogen and oxygen atoms in total. The second-order valence-corrected chi connectivity index (χ2v) is 6.25. The Morgan fingerprint density at radius 2 is 2.11 bits per heavy atom. The molecule has 0 amide bonds. The normalized spacial score (nSPS) is 18.9. The molecule has 0 aromatic rings. The van der Waals surface area contributed by atoms with Gasteiger partial charge >= 0.3 is 0 Å². The predicted octanol–water partition coefficient (Wildman–Crippen LogP) is 2.78. The van der Waals surface area contributed by atoms with Crippen LogP contribution in [0.3, 0.4) is 0 Å². The zero-order valence-corrected chi connectivity index (χ0v) is 12.5. The monoisotopic (exact) mass is 251 g/mol. The topological polar surface area (TPSA) is 39.1 Å². The van der Waals surface area contributed by atoms with Gasteiger partial charge in [-0.3, -0.25) is 5.32 Å². The van der Waals surface area contributed by atoms with Crippen LogP contribution in [-0.4, -0.2) is 36.1 Å². The Morgan fingerprint density at radius 3 is 2.56 bits per heavy atom. The summed E-state index contributed by atoms with van der Waals surface area (Å²) in [6.07, 6.45) is 4.54. The first-order valence-electron chi connectivity index (χ1n) is 7.40. The second kappa shape index (κ2) is 7.11. The molecule has 104 valence electrons. The van der Waals surface area contributed by atoms with E-state index in [2.05, 4.69) is 37.1 Å². The highest BCUT2D eigenvalue weighted by atomic mass is 15.1. The number of rotatable bonds is 9. The van der Waals surface area contributed by atoms with Gasteiger partial charge in [0.2, 0.25) is 0 Å². The van der Waals surface area contributed by atoms with Crippen molar-refractivity contribution in [1.82, 2.24) is 10.2 Å². The molecule has 0 aromatic carbocycles. The Hall–Kier alpha value is -0.590. The lowest BCUT2D eigenvalue weighted by molar-refractivity contribution is 0.242. The van der Waals surface area contributed by atoms with Gasteiger partial charge in [0.1, 0.15) is 5.54 Å². The molecule has 0 aliphatic heterocycles. The molecular weight excluding hydrogens is 222 g/mol. The van der Waals surface area contributed by atoms with Gasteiger partial charge in [-0.1, -0.05) is 20.8 Å². The van der Waals surface area contributed by atoms with Gasteiger partial charge in [0.25, 0.3) is 0 Å². The van der Waals surface area contributed by atoms with Crippen molar-refractivity contribution in [2.24, 2.45) is 5.92 Å². The van der Waals surface area contributed by atoms with E-state index < -0.39 is 0 Å². The molecule has 0 bridgehead atoms. The van der Waals surface area contributed by atoms with Crippen molar-refractivity contribution < 1.29 is 0 Å². The number of hydrogen-bond donors (Lipinski definition) is 1. The molecule has 1 aliphatic rings. The first-order chi connectivity index (χ1) is 8.49. The summed E-state index contributed by atoms with van der Waals surface area (Å²) < 4.78 is 0. The summed E-state index contributed by atoms with van der Waals surface area (Å²) in [5.74, 6) is 0.719. The minimum absolute atomic E-state index is 0.321. The Kier molecular flexibility index (Phi) is 6.11. The lowest BCUT2D eigenvalue weighted by Crippen LogP contribution is -2.43. The molecule has 1 fully saturated rings. The molecule has 1 N–H and O–H groups in total. The van der Waals surface area contributed by atoms with Crippen LogP contribution in [0.2, 0.25) is 0 Å². The average molecular weight is 251 g/mol. The van der Waals surface area contributed by atoms with Gasteiger partial charge in [-0.05, 0) is 51.6 Å². The molecule has 1 rings (SSSR count). The molecule has 0 saturated heterocycles. The van der Waals surface area contributed by atoms with E-state index in [1.165, 1.54) is 12.8 Å². The summed E-state index contributed by atoms with van der Waals surface area (Å²) in [4.78, 5) is 2.49. The molecule has 0 heterocycles. The third-order valence-electron chi connectivity index (χ3n) is 3.57. The van der Waals surface area contributed by atoms with Crippen LogP contribution in [0.5, 0.6) is 0 Å². The molecular formula is C15H29N3. The van der Waals surface area contributed by atoms with Gasteiger partial charge < -0.3 is 4.90 Å². The van der Waals surface area contributed by atoms with Gasteiger partial charge in [-0.2, -0.15) is 5.26 Å². The number of nitriles is 1. The molecule has 3 heteroatoms. The SMILES string of the molecule is CCN(CCCC(C)(C#N)NC1CC1)CC(C)C. The number of nitrogens with one attached hydrogen (secondary N) is 1. The average Bonchev–Trinajstić information content (AvgIpc) is 3.11. The fraction of sp³-hybridized carbons (Fsp3) is 0.933. The van der Waals surface area contributed by atoms with Gasteiger partial charge in [-0.15, -0.1) is 0 Å². The minimum atomic E-state index is -0.321. The largest absolute Gasteiger partial charge is 0.303 e. The summed E-state index contributed by atoms with van der Waals surface area (Å²) in [7, 11) is 0. The highest BCUT2D eigenvalue weighted by molar-refractivity contribution is 5.07. The number of nitrogens with zero attached hydrogens (tertiary/aromatic N) is 2. The van der Waals surface area contributed by atoms with Crippen LogP contribution in [0.4, 0.5) is 0 Å². The lowest BCUT2D eigenvalue weighted by atomic mass is 9.97. The molecule has 0 spiro atoms. The van der Waals surface area contributed by atoms with Crippen molar-refractivity contribution in [3.63, 3.8) is 0 Å². The Bertz CT molecular complexity index is 278. The predicted molar refractivity (Wildman–Crippen MR) is 76.4 cm³/mol. The molecule has 1 aliphatic carbocycles. The fourth-order valence-corrected chi connectivity index (χ4v) is 2.39. The minimum Gasteiger partial charge on any atom is -0.303 e. The second-order valence-electron chi connectivity index (χ2n) is 6.25. The zero-order valence-electron chi connectivity index (χ0n) is 12.5. The van der Waals surface area contributed by atoms with E-state index in [-0.39, 0.29) is 5.54 Å². The highest BCUT2D eigenvalue weighted by Gasteiger charge is 2.32. The molecule has 18 heavy (non-hydrogen) atoms. The summed E-state index contributed by atoms with van der Waals surface area (Å²) in [5, 5.41) is 12.8. The fourth-order valence-electron chi connectivity index (χ4n) is 2.39. The summed E-state index contributed by atoms with van der Waals surface area (Å²) in [5.41, 5.74) is -0.321. The van der Waals surface area contributed by atoms with Gasteiger partial charge in [0.15, 0.2) is 0 Å². The third-order valence-corrected chi connectivity index (χ3v) is 3.57. The lowest BCUT2D eigenvalue weighted by Gasteiger charge is -2.26. The Labute approximate surface area is 113 Å². The molecule has 0 aromatic heterocycles. The summed E-state index contributed by atoms with van der Waals surface area (Å²) in [6.45, 7) is 12.2. The van der Waals surface area contributed by atoms with E-state index in [4.69, 9.17) is 0 Å². The van der Waals surface area contributed by atoms with Crippen LogP contribution >= 0.6 is 0 Å². The van der Waals surface area contributed by atoms with Crippen molar-refractivity contribution in [2.75, 3.05) is 19.6 Å². The molecule has 1 saturated carbocycles. The van der Waals surface area contributed by atoms with Gasteiger partial charge in [0, 0.05) is 12.6 Å². The smallest absolute Gasteiger partial charge is 0.104 e. The van der Waals surface area contributed by atoms with Crippen LogP contribution in [0, 0.1) is 17.2 Å². The molecule has 1 unspecified atom stereocenters. The Morgan fingerprint density at radius 1 is 1.44 bits per heavy atom. The van der Waals surface area contributed by atoms with E-state index >= 15 is 0 Å². The summed E-state index contributed by atoms with van der Waals surface area (Å²) >= 11 is 0. The van der Waals surface area contributed by atoms with E-state index in [0.717, 1.165) is 38.4 Å². The maximum atomic E-state index is 9.30. The zero-order chi connectivity index (χ0) is 13.6. The van der Waals surface area contributed by atoms with Crippen molar-refractivity contribution in [3.05, 3.63) is 0 Å². The molecule has 0 radical (unpaired) electrons. The van der Waals surface area contributed by atoms with Gasteiger partial charge in [-0.25, -0.2) is 0 Å². The van der Waals surface area contributed by atoms with Crippen LogP contribution < -0.4 is 5.32 Å². The Balaban J connectivity index is 2.27. The van der Waals surface area contributed by atoms with Crippen molar-refractivity contribution in [1.29, 1.82) is 5.26 Å². The first-order valence-corrected chi connectivity index (χ1v) is 7.40. The van der Waals surface area contributed by atoms with Crippen LogP contribution in [0.15, 0.2) is 0 Å². The van der Waals surface area contributed by atoms with Crippen molar-refractivity contribution in [3.8, 4) is 6.07 Å². The quantitative estimate of drug-likeness (QED) is 0.685. The van der Waals surface area contributed by atoms with E-state index in [9.17, 15) is 5.26 Å². The summed E-state index contributed by atoms with van der Waals surface area (Å²) in [6, 6.07) is 3.06. The van der Waals surface area contributed by atoms with Crippen LogP contribution in [0.25, 0.3) is 0 Å². The van der Waals surface area contributed by atoms with E-state index in [1.54, 1.807) is 0 Å². The maximum Gasteiger partial charge on any atom is 0.104 e. The van der Waals surface area contributed by atoms with Crippen LogP contribution in [-0.2, 0) is 0 Å². The molecule has 1 atom stereocenters. The van der Waals surface area contributed by atoms with E-state index in [1.807, 2.05) is 6.92 Å². The standard InChI is InChI=1S/C15H29N3/c1-5-18(11-13(2)3)10-6-9-15(4,12-16)17-14-7-8-14/h13-14,17H,5-11H2,1-4H3. The first kappa shape index (κ1) is 15.5. The highest BCUT2D eigenvalue weighted by Crippen LogP contribution is 2.24. The van der Waals surface area contributed by atoms with Crippen LogP contribution in [0.1, 0.15) is 53.4 Å². The van der Waals surface area contributed by atoms with Crippen molar-refractivity contribution >= 4 is 0 Å². The van der Waals surface area contributed by atoms with E-state index in [0.29, 0.717) is 6.04 Å². The third kappa shape index (κ3) is 5.84. The maximum absolute atomic E-state index is 9.30.